The van der Waals surface area contributed by atoms with Crippen LogP contribution in [0.1, 0.15) is 121 Å². The second kappa shape index (κ2) is 25.2. The van der Waals surface area contributed by atoms with Gasteiger partial charge in [0.2, 0.25) is 11.8 Å². The van der Waals surface area contributed by atoms with Crippen LogP contribution in [0.2, 0.25) is 5.02 Å². The Morgan fingerprint density at radius 1 is 0.864 bits per heavy atom. The third-order valence-electron chi connectivity index (χ3n) is 18.7. The Kier molecular flexibility index (Phi) is 17.4. The van der Waals surface area contributed by atoms with Gasteiger partial charge in [-0.05, 0) is 147 Å². The lowest BCUT2D eigenvalue weighted by molar-refractivity contribution is -0.990. The van der Waals surface area contributed by atoms with Crippen molar-refractivity contribution in [1.82, 2.24) is 39.6 Å². The van der Waals surface area contributed by atoms with Crippen LogP contribution in [0, 0.1) is 16.5 Å². The first kappa shape index (κ1) is 60.7. The molecule has 0 bridgehead atoms. The summed E-state index contributed by atoms with van der Waals surface area (Å²) in [5.41, 5.74) is 7.15. The Morgan fingerprint density at radius 2 is 1.64 bits per heavy atom. The highest BCUT2D eigenvalue weighted by Crippen LogP contribution is 2.44. The van der Waals surface area contributed by atoms with Crippen molar-refractivity contribution in [2.24, 2.45) is 11.3 Å². The number of piperazine rings is 2. The molecule has 23 heteroatoms. The Labute approximate surface area is 516 Å². The average Bonchev–Trinajstić information content (AvgIpc) is 1.66. The van der Waals surface area contributed by atoms with Crippen LogP contribution in [0.15, 0.2) is 114 Å². The molecule has 1 saturated carbocycles. The number of carbonyl (C=O) groups is 5. The first-order valence-electron chi connectivity index (χ1n) is 30.4. The molecule has 21 nitrogen and oxygen atoms in total. The molecule has 0 spiro atoms. The molecule has 4 fully saturated rings. The van der Waals surface area contributed by atoms with E-state index in [1.165, 1.54) is 35.0 Å². The summed E-state index contributed by atoms with van der Waals surface area (Å²) in [7, 11) is -4.60. The second-order valence-corrected chi connectivity index (χ2v) is 27.3. The molecule has 4 aliphatic heterocycles. The maximum atomic E-state index is 14.2. The number of allylic oxidation sites excluding steroid dienone is 1. The number of benzene rings is 4. The molecule has 2 aliphatic carbocycles. The van der Waals surface area contributed by atoms with Crippen LogP contribution in [-0.4, -0.2) is 150 Å². The fourth-order valence-electron chi connectivity index (χ4n) is 13.6. The van der Waals surface area contributed by atoms with Gasteiger partial charge in [-0.3, -0.25) is 48.9 Å². The smallest absolute Gasteiger partial charge is 0.268 e. The minimum absolute atomic E-state index is 0.0417. The third-order valence-corrected chi connectivity index (χ3v) is 20.3. The quantitative estimate of drug-likeness (QED) is 0.0375. The molecule has 4 aromatic carbocycles. The fraction of sp³-hybridized carbons (Fsp3) is 0.415. The summed E-state index contributed by atoms with van der Waals surface area (Å²) < 4.78 is 36.7. The molecule has 6 heterocycles. The van der Waals surface area contributed by atoms with E-state index in [4.69, 9.17) is 16.3 Å². The molecule has 6 aromatic rings. The molecule has 2 unspecified atom stereocenters. The first-order valence-corrected chi connectivity index (χ1v) is 32.3. The van der Waals surface area contributed by atoms with Crippen molar-refractivity contribution >= 4 is 84.8 Å². The summed E-state index contributed by atoms with van der Waals surface area (Å²) in [6.45, 7) is 14.3. The molecule has 3 atom stereocenters. The van der Waals surface area contributed by atoms with E-state index >= 15 is 0 Å². The maximum Gasteiger partial charge on any atom is 0.268 e. The van der Waals surface area contributed by atoms with Gasteiger partial charge >= 0.3 is 0 Å². The second-order valence-electron chi connectivity index (χ2n) is 25.2. The van der Waals surface area contributed by atoms with Crippen molar-refractivity contribution in [3.05, 3.63) is 147 Å². The number of nitrogens with zero attached hydrogens (tertiary/aromatic N) is 6. The normalized spacial score (nSPS) is 22.7. The lowest BCUT2D eigenvalue weighted by Crippen LogP contribution is -2.99. The van der Waals surface area contributed by atoms with E-state index < -0.39 is 50.8 Å². The van der Waals surface area contributed by atoms with Crippen molar-refractivity contribution in [2.45, 2.75) is 108 Å². The number of amides is 5. The summed E-state index contributed by atoms with van der Waals surface area (Å²) in [5, 5.41) is 28.9. The zero-order valence-electron chi connectivity index (χ0n) is 49.7. The van der Waals surface area contributed by atoms with Crippen LogP contribution < -0.4 is 30.2 Å². The van der Waals surface area contributed by atoms with Gasteiger partial charge in [-0.25, -0.2) is 23.3 Å². The lowest BCUT2D eigenvalue weighted by atomic mass is 9.72. The summed E-state index contributed by atoms with van der Waals surface area (Å²) in [5.74, 6) is -2.34. The van der Waals surface area contributed by atoms with Crippen molar-refractivity contribution in [3.63, 3.8) is 0 Å². The van der Waals surface area contributed by atoms with Crippen LogP contribution in [-0.2, 0) is 26.2 Å². The van der Waals surface area contributed by atoms with Crippen LogP contribution in [0.5, 0.6) is 11.5 Å². The average molecular weight is 1240 g/mol. The van der Waals surface area contributed by atoms with Gasteiger partial charge in [0.25, 0.3) is 27.7 Å². The number of fused-ring (bicyclic) bond motifs is 2. The SMILES string of the molecule is C[C@H]1CN(C2CCC(CNc3ccc(S(=O)(=O)NC(=O)c4ccc(N5CCN(CC6=C(c7ccc(Cl)cc7)CC(C)(C)CC6)CC5)cc4Oc4cnc5[nH]ccc5c4)cc3[NH+]([O-])O)CC2)CCN1Cc1ccc2c(c1)C(=O)N(C1CCC(=O)NC1=O)C2=O. The van der Waals surface area contributed by atoms with Crippen molar-refractivity contribution in [3.8, 4) is 11.5 Å². The van der Waals surface area contributed by atoms with Crippen molar-refractivity contribution < 1.29 is 47.6 Å². The van der Waals surface area contributed by atoms with E-state index in [1.807, 2.05) is 24.3 Å². The number of rotatable bonds is 17. The van der Waals surface area contributed by atoms with E-state index in [0.717, 1.165) is 117 Å². The number of aromatic nitrogens is 2. The van der Waals surface area contributed by atoms with Gasteiger partial charge in [0.1, 0.15) is 23.2 Å². The zero-order chi connectivity index (χ0) is 61.6. The highest BCUT2D eigenvalue weighted by Gasteiger charge is 2.45. The van der Waals surface area contributed by atoms with Gasteiger partial charge in [-0.1, -0.05) is 49.2 Å². The Hall–Kier alpha value is -7.54. The minimum Gasteiger partial charge on any atom is -0.595 e. The molecule has 88 heavy (non-hydrogen) atoms. The molecule has 5 amide bonds. The molecule has 12 rings (SSSR count). The van der Waals surface area contributed by atoms with Gasteiger partial charge in [0.15, 0.2) is 5.69 Å². The number of piperidine rings is 1. The zero-order valence-corrected chi connectivity index (χ0v) is 51.2. The predicted molar refractivity (Wildman–Crippen MR) is 333 cm³/mol. The van der Waals surface area contributed by atoms with Crippen molar-refractivity contribution in [1.29, 1.82) is 0 Å². The van der Waals surface area contributed by atoms with Gasteiger partial charge in [-0.15, -0.1) is 0 Å². The maximum absolute atomic E-state index is 14.2. The van der Waals surface area contributed by atoms with Crippen LogP contribution in [0.4, 0.5) is 17.1 Å². The predicted octanol–water partition coefficient (Wildman–Crippen LogP) is 7.89. The number of H-pyrrole nitrogens is 1. The van der Waals surface area contributed by atoms with E-state index in [9.17, 15) is 42.8 Å². The van der Waals surface area contributed by atoms with Crippen LogP contribution in [0.25, 0.3) is 16.6 Å². The number of sulfonamides is 1. The molecule has 6 N–H and O–H groups in total. The summed E-state index contributed by atoms with van der Waals surface area (Å²) >= 11 is 6.28. The number of imide groups is 2. The number of halogens is 1. The van der Waals surface area contributed by atoms with Gasteiger partial charge in [0.05, 0.1) is 33.5 Å². The van der Waals surface area contributed by atoms with E-state index in [2.05, 4.69) is 77.8 Å². The van der Waals surface area contributed by atoms with E-state index in [-0.39, 0.29) is 68.9 Å². The highest BCUT2D eigenvalue weighted by atomic mass is 35.5. The van der Waals surface area contributed by atoms with Gasteiger partial charge < -0.3 is 25.1 Å². The molecule has 462 valence electrons. The number of carbonyl (C=O) groups excluding carboxylic acids is 5. The summed E-state index contributed by atoms with van der Waals surface area (Å²) in [6, 6.07) is 25.5. The van der Waals surface area contributed by atoms with E-state index in [0.29, 0.717) is 43.6 Å². The standard InChI is InChI=1S/C65H74ClN11O10S/c1-40-37-75(29-28-74(40)38-42-6-15-51-53(30-42)64(82)76(63(51)81)56-18-19-59(78)70-62(56)80)47-11-4-41(5-12-47)35-68-55-17-14-50(33-57(55)77(83)84)88(85,86)71-61(79)52-16-13-48(32-58(52)87-49-31-44-21-23-67-60(44)69-36-49)73-26-24-72(25-27-73)39-45-20-22-65(2,3)34-54(45)43-7-9-46(66)10-8-43/h6-10,13-17,21,23,30-33,36,40-41,47,56,68,77,83H,4-5,11-12,18-20,22,24-29,34-35,37-39H2,1-3H3,(H,67,69)(H,71,79)(H,70,78,80)/t40-,41?,47?,56?/m0/s1. The molecular weight excluding hydrogens is 1160 g/mol. The first-order chi connectivity index (χ1) is 42.2. The van der Waals surface area contributed by atoms with Crippen LogP contribution >= 0.6 is 11.6 Å². The van der Waals surface area contributed by atoms with E-state index in [1.54, 1.807) is 42.6 Å². The fourth-order valence-corrected chi connectivity index (χ4v) is 14.8. The monoisotopic (exact) mass is 1240 g/mol. The van der Waals surface area contributed by atoms with Gasteiger partial charge in [-0.2, -0.15) is 5.23 Å². The number of hydrogen-bond donors (Lipinski definition) is 6. The number of hydrogen-bond acceptors (Lipinski definition) is 16. The lowest BCUT2D eigenvalue weighted by Gasteiger charge is -2.45. The Bertz CT molecular complexity index is 3840. The molecule has 3 saturated heterocycles. The minimum atomic E-state index is -4.60. The van der Waals surface area contributed by atoms with Gasteiger partial charge in [0, 0.05) is 118 Å². The molecule has 0 radical (unpaired) electrons. The number of pyridine rings is 1. The van der Waals surface area contributed by atoms with Crippen molar-refractivity contribution in [2.75, 3.05) is 69.1 Å². The summed E-state index contributed by atoms with van der Waals surface area (Å²) in [6.07, 6.45) is 10.4. The highest BCUT2D eigenvalue weighted by molar-refractivity contribution is 7.90. The summed E-state index contributed by atoms with van der Waals surface area (Å²) in [4.78, 5) is 83.0. The molecule has 6 aliphatic rings. The molecule has 2 aromatic heterocycles. The molecular formula is C65H74ClN11O10S. The number of nitrogens with one attached hydrogen (secondary N) is 5. The number of aromatic amines is 1. The Morgan fingerprint density at radius 3 is 2.39 bits per heavy atom. The largest absolute Gasteiger partial charge is 0.595 e. The Balaban J connectivity index is 0.652. The third kappa shape index (κ3) is 13.1. The number of quaternary nitrogens is 1. The number of anilines is 2. The van der Waals surface area contributed by atoms with Crippen LogP contribution in [0.3, 0.4) is 0 Å². The number of ether oxygens (including phenoxy) is 1. The topological polar surface area (TPSA) is 257 Å².